The van der Waals surface area contributed by atoms with Crippen LogP contribution in [0.1, 0.15) is 85.5 Å². The first-order chi connectivity index (χ1) is 13.3. The van der Waals surface area contributed by atoms with Gasteiger partial charge in [-0.25, -0.2) is 0 Å². The molecule has 7 atom stereocenters. The minimum Gasteiger partial charge on any atom is -0.393 e. The Hall–Kier alpha value is -0.600. The molecule has 0 bridgehead atoms. The first-order valence-corrected chi connectivity index (χ1v) is 11.9. The summed E-state index contributed by atoms with van der Waals surface area (Å²) in [5.41, 5.74) is 5.97. The Bertz CT molecular complexity index is 661. The quantitative estimate of drug-likeness (QED) is 0.562. The Morgan fingerprint density at radius 3 is 2.79 bits per heavy atom. The zero-order valence-electron chi connectivity index (χ0n) is 18.9. The van der Waals surface area contributed by atoms with Crippen LogP contribution in [-0.2, 0) is 4.74 Å². The van der Waals surface area contributed by atoms with Crippen LogP contribution in [0.15, 0.2) is 22.8 Å². The first kappa shape index (κ1) is 20.7. The number of hydrogen-bond acceptors (Lipinski definition) is 2. The fourth-order valence-electron chi connectivity index (χ4n) is 7.92. The van der Waals surface area contributed by atoms with Gasteiger partial charge in [-0.3, -0.25) is 0 Å². The molecule has 0 saturated heterocycles. The summed E-state index contributed by atoms with van der Waals surface area (Å²) < 4.78 is 5.30. The van der Waals surface area contributed by atoms with Crippen LogP contribution >= 0.6 is 0 Å². The standard InChI is InChI=1S/C26H42O2/c1-17(7-6-14-28-5)22-10-11-23-21-9-8-19-16-20(27)15-18(2)26(19,4)24(21)12-13-25(22,23)3/h11,17-20,22,27H,6-10,12-16H2,1-5H3/t17-,18?,19+,20+,22-,25-,26+/m1/s1. The molecule has 0 heterocycles. The summed E-state index contributed by atoms with van der Waals surface area (Å²) in [5, 5.41) is 10.4. The van der Waals surface area contributed by atoms with Gasteiger partial charge in [0.2, 0.25) is 0 Å². The lowest BCUT2D eigenvalue weighted by molar-refractivity contribution is -0.0177. The van der Waals surface area contributed by atoms with E-state index in [0.717, 1.165) is 31.3 Å². The zero-order valence-corrected chi connectivity index (χ0v) is 18.9. The lowest BCUT2D eigenvalue weighted by atomic mass is 9.49. The smallest absolute Gasteiger partial charge is 0.0546 e. The number of allylic oxidation sites excluding steroid dienone is 4. The van der Waals surface area contributed by atoms with E-state index in [0.29, 0.717) is 22.7 Å². The summed E-state index contributed by atoms with van der Waals surface area (Å²) in [6.07, 6.45) is 13.5. The molecule has 1 fully saturated rings. The maximum Gasteiger partial charge on any atom is 0.0546 e. The number of aliphatic hydroxyl groups excluding tert-OH is 1. The topological polar surface area (TPSA) is 29.5 Å². The van der Waals surface area contributed by atoms with Gasteiger partial charge < -0.3 is 9.84 Å². The predicted octanol–water partition coefficient (Wildman–Crippen LogP) is 6.30. The molecule has 1 saturated carbocycles. The van der Waals surface area contributed by atoms with Crippen molar-refractivity contribution in [2.45, 2.75) is 91.6 Å². The van der Waals surface area contributed by atoms with E-state index in [2.05, 4.69) is 33.8 Å². The fraction of sp³-hybridized carbons (Fsp3) is 0.846. The Morgan fingerprint density at radius 2 is 2.04 bits per heavy atom. The van der Waals surface area contributed by atoms with Crippen LogP contribution in [0.25, 0.3) is 0 Å². The van der Waals surface area contributed by atoms with Crippen molar-refractivity contribution >= 4 is 0 Å². The Labute approximate surface area is 172 Å². The van der Waals surface area contributed by atoms with Gasteiger partial charge >= 0.3 is 0 Å². The number of fused-ring (bicyclic) bond motifs is 4. The largest absolute Gasteiger partial charge is 0.393 e. The summed E-state index contributed by atoms with van der Waals surface area (Å²) in [5.74, 6) is 2.85. The molecule has 4 rings (SSSR count). The molecule has 0 aromatic heterocycles. The van der Waals surface area contributed by atoms with Crippen molar-refractivity contribution in [3.8, 4) is 0 Å². The summed E-state index contributed by atoms with van der Waals surface area (Å²) >= 11 is 0. The van der Waals surface area contributed by atoms with Gasteiger partial charge in [0.05, 0.1) is 6.10 Å². The Balaban J connectivity index is 1.60. The van der Waals surface area contributed by atoms with Gasteiger partial charge in [0, 0.05) is 13.7 Å². The van der Waals surface area contributed by atoms with Crippen LogP contribution in [0, 0.1) is 34.5 Å². The number of ether oxygens (including phenoxy) is 1. The monoisotopic (exact) mass is 386 g/mol. The molecule has 0 aliphatic heterocycles. The Kier molecular flexibility index (Phi) is 5.59. The molecule has 4 aliphatic rings. The second-order valence-corrected chi connectivity index (χ2v) is 11.0. The molecule has 0 spiro atoms. The minimum absolute atomic E-state index is 0.0768. The lowest BCUT2D eigenvalue weighted by Gasteiger charge is -2.56. The van der Waals surface area contributed by atoms with Gasteiger partial charge in [-0.2, -0.15) is 0 Å². The third-order valence-electron chi connectivity index (χ3n) is 9.74. The Morgan fingerprint density at radius 1 is 1.25 bits per heavy atom. The molecule has 0 aromatic carbocycles. The summed E-state index contributed by atoms with van der Waals surface area (Å²) in [6.45, 7) is 10.9. The van der Waals surface area contributed by atoms with Crippen molar-refractivity contribution in [3.05, 3.63) is 22.8 Å². The highest BCUT2D eigenvalue weighted by molar-refractivity contribution is 5.49. The number of hydrogen-bond donors (Lipinski definition) is 1. The van der Waals surface area contributed by atoms with Gasteiger partial charge in [0.25, 0.3) is 0 Å². The van der Waals surface area contributed by atoms with Gasteiger partial charge in [-0.15, -0.1) is 0 Å². The van der Waals surface area contributed by atoms with Gasteiger partial charge in [0.15, 0.2) is 0 Å². The predicted molar refractivity (Wildman–Crippen MR) is 116 cm³/mol. The molecule has 158 valence electrons. The number of methoxy groups -OCH3 is 1. The summed E-state index contributed by atoms with van der Waals surface area (Å²) in [4.78, 5) is 0. The summed E-state index contributed by atoms with van der Waals surface area (Å²) in [7, 11) is 1.82. The lowest BCUT2D eigenvalue weighted by Crippen LogP contribution is -2.48. The van der Waals surface area contributed by atoms with Crippen molar-refractivity contribution in [3.63, 3.8) is 0 Å². The van der Waals surface area contributed by atoms with Gasteiger partial charge in [-0.05, 0) is 103 Å². The molecule has 4 aliphatic carbocycles. The fourth-order valence-corrected chi connectivity index (χ4v) is 7.92. The molecule has 1 unspecified atom stereocenters. The zero-order chi connectivity index (χ0) is 20.1. The van der Waals surface area contributed by atoms with Crippen LogP contribution < -0.4 is 0 Å². The maximum absolute atomic E-state index is 10.4. The molecule has 1 N–H and O–H groups in total. The van der Waals surface area contributed by atoms with E-state index in [-0.39, 0.29) is 6.10 Å². The summed E-state index contributed by atoms with van der Waals surface area (Å²) in [6, 6.07) is 0. The molecule has 0 radical (unpaired) electrons. The highest BCUT2D eigenvalue weighted by atomic mass is 16.5. The minimum atomic E-state index is -0.0768. The number of aliphatic hydroxyl groups is 1. The van der Waals surface area contributed by atoms with Crippen molar-refractivity contribution in [2.24, 2.45) is 34.5 Å². The SMILES string of the molecule is COCCC[C@@H](C)[C@H]1CC=C2C3=C(CC[C@@]21C)[C@@]1(C)C(C)C[C@H](O)C[C@@H]1CC3. The second-order valence-electron chi connectivity index (χ2n) is 11.0. The molecular weight excluding hydrogens is 344 g/mol. The van der Waals surface area contributed by atoms with Crippen LogP contribution in [0.4, 0.5) is 0 Å². The van der Waals surface area contributed by atoms with Crippen LogP contribution in [-0.4, -0.2) is 24.9 Å². The molecule has 28 heavy (non-hydrogen) atoms. The average Bonchev–Trinajstić information content (AvgIpc) is 3.00. The highest BCUT2D eigenvalue weighted by Crippen LogP contribution is 2.65. The van der Waals surface area contributed by atoms with E-state index in [1.165, 1.54) is 44.9 Å². The number of rotatable bonds is 5. The van der Waals surface area contributed by atoms with E-state index in [4.69, 9.17) is 4.74 Å². The molecule has 2 heteroatoms. The third-order valence-corrected chi connectivity index (χ3v) is 9.74. The van der Waals surface area contributed by atoms with Gasteiger partial charge in [0.1, 0.15) is 0 Å². The first-order valence-electron chi connectivity index (χ1n) is 11.9. The average molecular weight is 387 g/mol. The molecule has 0 aromatic rings. The van der Waals surface area contributed by atoms with Crippen molar-refractivity contribution in [2.75, 3.05) is 13.7 Å². The van der Waals surface area contributed by atoms with Gasteiger partial charge in [-0.1, -0.05) is 39.3 Å². The van der Waals surface area contributed by atoms with Crippen LogP contribution in [0.2, 0.25) is 0 Å². The van der Waals surface area contributed by atoms with E-state index in [1.54, 1.807) is 16.7 Å². The second kappa shape index (κ2) is 7.58. The normalized spacial score (nSPS) is 43.9. The maximum atomic E-state index is 10.4. The van der Waals surface area contributed by atoms with Crippen molar-refractivity contribution < 1.29 is 9.84 Å². The highest BCUT2D eigenvalue weighted by Gasteiger charge is 2.54. The van der Waals surface area contributed by atoms with E-state index in [9.17, 15) is 5.11 Å². The van der Waals surface area contributed by atoms with Crippen molar-refractivity contribution in [1.82, 2.24) is 0 Å². The molecular formula is C26H42O2. The van der Waals surface area contributed by atoms with E-state index < -0.39 is 0 Å². The third kappa shape index (κ3) is 3.05. The van der Waals surface area contributed by atoms with E-state index in [1.807, 2.05) is 7.11 Å². The van der Waals surface area contributed by atoms with Crippen LogP contribution in [0.3, 0.4) is 0 Å². The van der Waals surface area contributed by atoms with Crippen molar-refractivity contribution in [1.29, 1.82) is 0 Å². The molecule has 2 nitrogen and oxygen atoms in total. The van der Waals surface area contributed by atoms with E-state index >= 15 is 0 Å². The van der Waals surface area contributed by atoms with Crippen LogP contribution in [0.5, 0.6) is 0 Å². The molecule has 0 amide bonds.